The number of ether oxygens (including phenoxy) is 3. The van der Waals surface area contributed by atoms with Crippen LogP contribution in [0, 0.1) is 6.92 Å². The number of nitrogens with zero attached hydrogens (tertiary/aromatic N) is 2. The number of amides is 1. The number of likely N-dealkylation sites (tertiary alicyclic amines) is 1. The molecule has 3 rings (SSSR count). The average molecular weight is 334 g/mol. The lowest BCUT2D eigenvalue weighted by Gasteiger charge is -2.53. The second kappa shape index (κ2) is 7.59. The Morgan fingerprint density at radius 3 is 3.04 bits per heavy atom. The molecule has 2 aliphatic rings. The Balaban J connectivity index is 1.46. The van der Waals surface area contributed by atoms with Gasteiger partial charge in [0.1, 0.15) is 5.60 Å². The van der Waals surface area contributed by atoms with E-state index in [2.05, 4.69) is 4.98 Å². The highest BCUT2D eigenvalue weighted by atomic mass is 16.5. The summed E-state index contributed by atoms with van der Waals surface area (Å²) >= 11 is 0. The van der Waals surface area contributed by atoms with Crippen molar-refractivity contribution < 1.29 is 19.0 Å². The van der Waals surface area contributed by atoms with Gasteiger partial charge in [0.25, 0.3) is 0 Å². The first kappa shape index (κ1) is 17.3. The molecule has 0 unspecified atom stereocenters. The summed E-state index contributed by atoms with van der Waals surface area (Å²) in [4.78, 5) is 18.3. The van der Waals surface area contributed by atoms with E-state index in [1.54, 1.807) is 7.11 Å². The quantitative estimate of drug-likeness (QED) is 0.792. The third-order valence-electron chi connectivity index (χ3n) is 4.69. The Kier molecular flexibility index (Phi) is 5.48. The van der Waals surface area contributed by atoms with Gasteiger partial charge in [-0.05, 0) is 25.5 Å². The van der Waals surface area contributed by atoms with Crippen LogP contribution in [-0.2, 0) is 25.6 Å². The highest BCUT2D eigenvalue weighted by Gasteiger charge is 2.49. The molecule has 2 saturated heterocycles. The van der Waals surface area contributed by atoms with Gasteiger partial charge in [0.05, 0.1) is 44.5 Å². The van der Waals surface area contributed by atoms with E-state index >= 15 is 0 Å². The van der Waals surface area contributed by atoms with Gasteiger partial charge in [0.2, 0.25) is 5.91 Å². The second-order valence-corrected chi connectivity index (χ2v) is 6.72. The van der Waals surface area contributed by atoms with E-state index in [0.717, 1.165) is 24.2 Å². The van der Waals surface area contributed by atoms with Crippen LogP contribution >= 0.6 is 0 Å². The molecule has 1 amide bonds. The standard InChI is InChI=1S/C18H26N2O4/c1-14-4-3-5-15(19-14)11-23-16-6-9-24-18(10-16)12-20(13-18)17(21)7-8-22-2/h3-5,16H,6-13H2,1-2H3/t16-/m0/s1. The van der Waals surface area contributed by atoms with Crippen LogP contribution < -0.4 is 0 Å². The van der Waals surface area contributed by atoms with Gasteiger partial charge >= 0.3 is 0 Å². The molecule has 6 heteroatoms. The van der Waals surface area contributed by atoms with Crippen molar-refractivity contribution in [3.8, 4) is 0 Å². The molecule has 1 aromatic heterocycles. The summed E-state index contributed by atoms with van der Waals surface area (Å²) in [6.45, 7) is 5.00. The number of aryl methyl sites for hydroxylation is 1. The highest BCUT2D eigenvalue weighted by molar-refractivity contribution is 5.77. The SMILES string of the molecule is COCCC(=O)N1CC2(C[C@@H](OCc3cccc(C)n3)CCO2)C1. The number of hydrogen-bond acceptors (Lipinski definition) is 5. The minimum absolute atomic E-state index is 0.137. The molecule has 0 aromatic carbocycles. The van der Waals surface area contributed by atoms with Gasteiger partial charge < -0.3 is 19.1 Å². The number of carbonyl (C=O) groups excluding carboxylic acids is 1. The van der Waals surface area contributed by atoms with Crippen LogP contribution in [0.15, 0.2) is 18.2 Å². The Morgan fingerprint density at radius 2 is 2.29 bits per heavy atom. The summed E-state index contributed by atoms with van der Waals surface area (Å²) < 4.78 is 17.0. The second-order valence-electron chi connectivity index (χ2n) is 6.72. The summed E-state index contributed by atoms with van der Waals surface area (Å²) in [6.07, 6.45) is 2.33. The fourth-order valence-corrected chi connectivity index (χ4v) is 3.40. The Bertz CT molecular complexity index is 572. The maximum atomic E-state index is 12.0. The van der Waals surface area contributed by atoms with E-state index in [9.17, 15) is 4.79 Å². The zero-order valence-corrected chi connectivity index (χ0v) is 14.5. The van der Waals surface area contributed by atoms with Gasteiger partial charge in [-0.25, -0.2) is 0 Å². The zero-order chi connectivity index (χ0) is 17.0. The van der Waals surface area contributed by atoms with Gasteiger partial charge in [-0.15, -0.1) is 0 Å². The van der Waals surface area contributed by atoms with E-state index in [0.29, 0.717) is 39.3 Å². The van der Waals surface area contributed by atoms with E-state index in [-0.39, 0.29) is 17.6 Å². The molecule has 2 fully saturated rings. The first-order valence-corrected chi connectivity index (χ1v) is 8.55. The smallest absolute Gasteiger partial charge is 0.225 e. The fourth-order valence-electron chi connectivity index (χ4n) is 3.40. The molecule has 0 radical (unpaired) electrons. The number of rotatable bonds is 6. The lowest BCUT2D eigenvalue weighted by molar-refractivity contribution is -0.203. The molecule has 1 spiro atoms. The highest BCUT2D eigenvalue weighted by Crippen LogP contribution is 2.35. The minimum atomic E-state index is -0.217. The van der Waals surface area contributed by atoms with Crippen LogP contribution in [0.5, 0.6) is 0 Å². The molecular weight excluding hydrogens is 308 g/mol. The van der Waals surface area contributed by atoms with Gasteiger partial charge in [-0.3, -0.25) is 9.78 Å². The van der Waals surface area contributed by atoms with Crippen LogP contribution in [-0.4, -0.2) is 60.9 Å². The summed E-state index contributed by atoms with van der Waals surface area (Å²) in [5, 5.41) is 0. The third kappa shape index (κ3) is 4.12. The number of hydrogen-bond donors (Lipinski definition) is 0. The third-order valence-corrected chi connectivity index (χ3v) is 4.69. The zero-order valence-electron chi connectivity index (χ0n) is 14.5. The predicted octanol–water partition coefficient (Wildman–Crippen LogP) is 1.70. The minimum Gasteiger partial charge on any atom is -0.384 e. The van der Waals surface area contributed by atoms with Gasteiger partial charge in [0, 0.05) is 25.8 Å². The lowest BCUT2D eigenvalue weighted by atomic mass is 9.84. The van der Waals surface area contributed by atoms with E-state index in [4.69, 9.17) is 14.2 Å². The number of pyridine rings is 1. The van der Waals surface area contributed by atoms with E-state index < -0.39 is 0 Å². The van der Waals surface area contributed by atoms with Crippen molar-refractivity contribution in [2.75, 3.05) is 33.4 Å². The molecule has 3 heterocycles. The molecule has 0 aliphatic carbocycles. The maximum Gasteiger partial charge on any atom is 0.225 e. The van der Waals surface area contributed by atoms with Crippen molar-refractivity contribution in [3.63, 3.8) is 0 Å². The summed E-state index contributed by atoms with van der Waals surface area (Å²) in [5.74, 6) is 0.137. The fraction of sp³-hybridized carbons (Fsp3) is 0.667. The first-order valence-electron chi connectivity index (χ1n) is 8.55. The molecule has 0 bridgehead atoms. The van der Waals surface area contributed by atoms with Crippen molar-refractivity contribution in [2.45, 2.75) is 44.5 Å². The molecule has 132 valence electrons. The molecule has 1 atom stereocenters. The largest absolute Gasteiger partial charge is 0.384 e. The Morgan fingerprint density at radius 1 is 1.46 bits per heavy atom. The van der Waals surface area contributed by atoms with Crippen molar-refractivity contribution >= 4 is 5.91 Å². The summed E-state index contributed by atoms with van der Waals surface area (Å²) in [6, 6.07) is 5.97. The van der Waals surface area contributed by atoms with Crippen LogP contribution in [0.2, 0.25) is 0 Å². The van der Waals surface area contributed by atoms with E-state index in [1.165, 1.54) is 0 Å². The number of aromatic nitrogens is 1. The Labute approximate surface area is 143 Å². The molecule has 0 saturated carbocycles. The van der Waals surface area contributed by atoms with Gasteiger partial charge in [-0.2, -0.15) is 0 Å². The lowest BCUT2D eigenvalue weighted by Crippen LogP contribution is -2.67. The van der Waals surface area contributed by atoms with Crippen LogP contribution in [0.25, 0.3) is 0 Å². The van der Waals surface area contributed by atoms with Crippen LogP contribution in [0.1, 0.15) is 30.7 Å². The molecule has 6 nitrogen and oxygen atoms in total. The normalized spacial score (nSPS) is 22.4. The van der Waals surface area contributed by atoms with Gasteiger partial charge in [0.15, 0.2) is 0 Å². The van der Waals surface area contributed by atoms with Crippen LogP contribution in [0.3, 0.4) is 0 Å². The van der Waals surface area contributed by atoms with Crippen molar-refractivity contribution in [2.24, 2.45) is 0 Å². The van der Waals surface area contributed by atoms with Crippen molar-refractivity contribution in [1.29, 1.82) is 0 Å². The molecule has 1 aromatic rings. The predicted molar refractivity (Wildman–Crippen MR) is 88.5 cm³/mol. The van der Waals surface area contributed by atoms with Crippen molar-refractivity contribution in [1.82, 2.24) is 9.88 Å². The first-order chi connectivity index (χ1) is 11.6. The number of methoxy groups -OCH3 is 1. The molecule has 0 N–H and O–H groups in total. The van der Waals surface area contributed by atoms with Crippen LogP contribution in [0.4, 0.5) is 0 Å². The van der Waals surface area contributed by atoms with E-state index in [1.807, 2.05) is 30.0 Å². The monoisotopic (exact) mass is 334 g/mol. The summed E-state index contributed by atoms with van der Waals surface area (Å²) in [7, 11) is 1.61. The topological polar surface area (TPSA) is 60.9 Å². The molecule has 24 heavy (non-hydrogen) atoms. The maximum absolute atomic E-state index is 12.0. The van der Waals surface area contributed by atoms with Crippen molar-refractivity contribution in [3.05, 3.63) is 29.6 Å². The molecular formula is C18H26N2O4. The Hall–Kier alpha value is -1.50. The average Bonchev–Trinajstić information content (AvgIpc) is 2.56. The molecule has 2 aliphatic heterocycles. The van der Waals surface area contributed by atoms with Gasteiger partial charge in [-0.1, -0.05) is 6.07 Å². The summed E-state index contributed by atoms with van der Waals surface area (Å²) in [5.41, 5.74) is 1.75. The number of carbonyl (C=O) groups is 1.